The van der Waals surface area contributed by atoms with Gasteiger partial charge in [-0.25, -0.2) is 0 Å². The summed E-state index contributed by atoms with van der Waals surface area (Å²) in [6, 6.07) is 0. The van der Waals surface area contributed by atoms with Crippen molar-refractivity contribution in [2.24, 2.45) is 0 Å². The predicted molar refractivity (Wildman–Crippen MR) is 94.6 cm³/mol. The molecule has 2 unspecified atom stereocenters. The van der Waals surface area contributed by atoms with E-state index in [4.69, 9.17) is 9.84 Å². The SMILES string of the molecule is COC(=O)CN1CCCN2CCN(CCCN(CC(=O)O)CC2)CC1. The first-order chi connectivity index (χ1) is 12.1. The first-order valence-electron chi connectivity index (χ1n) is 9.25. The highest BCUT2D eigenvalue weighted by Gasteiger charge is 2.19. The summed E-state index contributed by atoms with van der Waals surface area (Å²) < 4.78 is 4.81. The third-order valence-electron chi connectivity index (χ3n) is 5.03. The van der Waals surface area contributed by atoms with Crippen LogP contribution in [0, 0.1) is 0 Å². The topological polar surface area (TPSA) is 76.6 Å². The Balaban J connectivity index is 1.96. The van der Waals surface area contributed by atoms with Crippen LogP contribution in [0.1, 0.15) is 12.8 Å². The van der Waals surface area contributed by atoms with Crippen LogP contribution in [0.2, 0.25) is 0 Å². The van der Waals surface area contributed by atoms with Crippen LogP contribution in [0.25, 0.3) is 0 Å². The number of fused-ring (bicyclic) bond motifs is 3. The second kappa shape index (κ2) is 10.7. The number of esters is 1. The van der Waals surface area contributed by atoms with E-state index in [0.717, 1.165) is 78.3 Å². The molecule has 2 bridgehead atoms. The van der Waals surface area contributed by atoms with Crippen LogP contribution in [-0.4, -0.2) is 122 Å². The first kappa shape index (κ1) is 20.1. The van der Waals surface area contributed by atoms with Gasteiger partial charge in [0, 0.05) is 52.4 Å². The van der Waals surface area contributed by atoms with Gasteiger partial charge >= 0.3 is 11.9 Å². The largest absolute Gasteiger partial charge is 0.480 e. The molecule has 0 saturated carbocycles. The Bertz CT molecular complexity index is 435. The molecule has 8 nitrogen and oxygen atoms in total. The van der Waals surface area contributed by atoms with E-state index in [2.05, 4.69) is 14.7 Å². The summed E-state index contributed by atoms with van der Waals surface area (Å²) in [6.07, 6.45) is 1.99. The molecular formula is C17H32N4O4. The normalized spacial score (nSPS) is 27.6. The second-order valence-corrected chi connectivity index (χ2v) is 6.91. The molecule has 0 amide bonds. The summed E-state index contributed by atoms with van der Waals surface area (Å²) in [5.74, 6) is -0.925. The van der Waals surface area contributed by atoms with Crippen molar-refractivity contribution in [1.29, 1.82) is 0 Å². The third kappa shape index (κ3) is 7.68. The Morgan fingerprint density at radius 3 is 1.72 bits per heavy atom. The second-order valence-electron chi connectivity index (χ2n) is 6.91. The Morgan fingerprint density at radius 2 is 1.24 bits per heavy atom. The molecule has 0 aromatic heterocycles. The minimum Gasteiger partial charge on any atom is -0.480 e. The molecule has 1 N–H and O–H groups in total. The third-order valence-corrected chi connectivity index (χ3v) is 5.03. The van der Waals surface area contributed by atoms with Gasteiger partial charge in [-0.1, -0.05) is 0 Å². The summed E-state index contributed by atoms with van der Waals surface area (Å²) >= 11 is 0. The molecule has 2 fully saturated rings. The average Bonchev–Trinajstić information content (AvgIpc) is 2.59. The van der Waals surface area contributed by atoms with Gasteiger partial charge in [0.25, 0.3) is 0 Å². The van der Waals surface area contributed by atoms with Crippen LogP contribution in [0.5, 0.6) is 0 Å². The molecule has 0 aliphatic carbocycles. The van der Waals surface area contributed by atoms with Gasteiger partial charge in [-0.15, -0.1) is 0 Å². The zero-order valence-electron chi connectivity index (χ0n) is 15.4. The minimum absolute atomic E-state index is 0.126. The number of carboxylic acid groups (broad SMARTS) is 1. The zero-order valence-corrected chi connectivity index (χ0v) is 15.4. The number of nitrogens with zero attached hydrogens (tertiary/aromatic N) is 4. The highest BCUT2D eigenvalue weighted by Crippen LogP contribution is 2.06. The molecule has 2 aliphatic heterocycles. The highest BCUT2D eigenvalue weighted by atomic mass is 16.5. The number of hydrogen-bond acceptors (Lipinski definition) is 7. The maximum atomic E-state index is 11.6. The van der Waals surface area contributed by atoms with Gasteiger partial charge < -0.3 is 19.6 Å². The van der Waals surface area contributed by atoms with E-state index in [0.29, 0.717) is 6.54 Å². The number of hydrogen-bond donors (Lipinski definition) is 1. The maximum absolute atomic E-state index is 11.6. The van der Waals surface area contributed by atoms with Crippen LogP contribution in [0.3, 0.4) is 0 Å². The van der Waals surface area contributed by atoms with Crippen molar-refractivity contribution in [3.63, 3.8) is 0 Å². The molecule has 2 saturated heterocycles. The Morgan fingerprint density at radius 1 is 0.760 bits per heavy atom. The van der Waals surface area contributed by atoms with E-state index in [1.807, 2.05) is 4.90 Å². The number of carbonyl (C=O) groups is 2. The summed E-state index contributed by atoms with van der Waals surface area (Å²) in [4.78, 5) is 31.7. The van der Waals surface area contributed by atoms with Crippen molar-refractivity contribution in [3.8, 4) is 0 Å². The Kier molecular flexibility index (Phi) is 8.60. The molecule has 25 heavy (non-hydrogen) atoms. The van der Waals surface area contributed by atoms with Gasteiger partial charge in [-0.3, -0.25) is 19.4 Å². The van der Waals surface area contributed by atoms with Crippen molar-refractivity contribution >= 4 is 11.9 Å². The van der Waals surface area contributed by atoms with Crippen molar-refractivity contribution in [2.45, 2.75) is 12.8 Å². The van der Waals surface area contributed by atoms with Gasteiger partial charge in [-0.2, -0.15) is 0 Å². The van der Waals surface area contributed by atoms with Gasteiger partial charge in [0.05, 0.1) is 20.2 Å². The lowest BCUT2D eigenvalue weighted by Gasteiger charge is -2.35. The van der Waals surface area contributed by atoms with E-state index < -0.39 is 5.97 Å². The first-order valence-corrected chi connectivity index (χ1v) is 9.25. The quantitative estimate of drug-likeness (QED) is 0.660. The number of carbonyl (C=O) groups excluding carboxylic acids is 1. The average molecular weight is 356 g/mol. The molecule has 2 rings (SSSR count). The lowest BCUT2D eigenvalue weighted by Crippen LogP contribution is -2.48. The summed E-state index contributed by atoms with van der Waals surface area (Å²) in [5, 5.41) is 9.08. The fourth-order valence-electron chi connectivity index (χ4n) is 3.53. The number of ether oxygens (including phenoxy) is 1. The van der Waals surface area contributed by atoms with Gasteiger partial charge in [0.1, 0.15) is 0 Å². The van der Waals surface area contributed by atoms with E-state index in [1.54, 1.807) is 0 Å². The van der Waals surface area contributed by atoms with E-state index >= 15 is 0 Å². The monoisotopic (exact) mass is 356 g/mol. The number of aliphatic carboxylic acids is 1. The number of rotatable bonds is 4. The van der Waals surface area contributed by atoms with Crippen molar-refractivity contribution in [1.82, 2.24) is 19.6 Å². The molecule has 2 atom stereocenters. The Hall–Kier alpha value is -1.22. The molecule has 8 heteroatoms. The molecule has 0 spiro atoms. The van der Waals surface area contributed by atoms with Crippen LogP contribution in [0.15, 0.2) is 0 Å². The molecule has 0 radical (unpaired) electrons. The fourth-order valence-corrected chi connectivity index (χ4v) is 3.53. The molecule has 0 aromatic rings. The van der Waals surface area contributed by atoms with Crippen LogP contribution in [-0.2, 0) is 14.3 Å². The molecule has 2 aliphatic rings. The van der Waals surface area contributed by atoms with E-state index in [1.165, 1.54) is 7.11 Å². The summed E-state index contributed by atoms with van der Waals surface area (Å²) in [5.41, 5.74) is 0. The van der Waals surface area contributed by atoms with Crippen LogP contribution < -0.4 is 0 Å². The molecule has 2 heterocycles. The predicted octanol–water partition coefficient (Wildman–Crippen LogP) is -0.741. The molecule has 144 valence electrons. The summed E-state index contributed by atoms with van der Waals surface area (Å²) in [7, 11) is 1.44. The van der Waals surface area contributed by atoms with Crippen LogP contribution in [0.4, 0.5) is 0 Å². The lowest BCUT2D eigenvalue weighted by molar-refractivity contribution is -0.142. The van der Waals surface area contributed by atoms with Crippen molar-refractivity contribution in [2.75, 3.05) is 85.6 Å². The van der Waals surface area contributed by atoms with Gasteiger partial charge in [0.2, 0.25) is 0 Å². The van der Waals surface area contributed by atoms with Crippen molar-refractivity contribution in [3.05, 3.63) is 0 Å². The fraction of sp³-hybridized carbons (Fsp3) is 0.882. The van der Waals surface area contributed by atoms with Gasteiger partial charge in [-0.05, 0) is 25.9 Å². The standard InChI is InChI=1S/C17H32N4O4/c1-25-17(24)15-21-7-3-5-18-8-9-19(11-13-21)4-2-6-20(12-10-18)14-16(22)23/h2-15H2,1H3,(H,22,23). The van der Waals surface area contributed by atoms with Gasteiger partial charge in [0.15, 0.2) is 0 Å². The van der Waals surface area contributed by atoms with E-state index in [9.17, 15) is 9.59 Å². The maximum Gasteiger partial charge on any atom is 0.319 e. The highest BCUT2D eigenvalue weighted by molar-refractivity contribution is 5.71. The minimum atomic E-state index is -0.750. The smallest absolute Gasteiger partial charge is 0.319 e. The zero-order chi connectivity index (χ0) is 18.1. The summed E-state index contributed by atoms with van der Waals surface area (Å²) in [6.45, 7) is 9.71. The molecule has 0 aromatic carbocycles. The van der Waals surface area contributed by atoms with Crippen LogP contribution >= 0.6 is 0 Å². The van der Waals surface area contributed by atoms with Crippen molar-refractivity contribution < 1.29 is 19.4 Å². The lowest BCUT2D eigenvalue weighted by atomic mass is 10.2. The van der Waals surface area contributed by atoms with E-state index in [-0.39, 0.29) is 12.5 Å². The Labute approximate surface area is 150 Å². The number of carboxylic acids is 1. The molecular weight excluding hydrogens is 324 g/mol. The number of methoxy groups -OCH3 is 1.